The number of nitrogens with two attached hydrogens (primary N) is 1. The predicted molar refractivity (Wildman–Crippen MR) is 79.4 cm³/mol. The highest BCUT2D eigenvalue weighted by atomic mass is 32.1. The van der Waals surface area contributed by atoms with Gasteiger partial charge in [-0.05, 0) is 25.7 Å². The molecule has 1 aliphatic carbocycles. The first-order chi connectivity index (χ1) is 8.56. The van der Waals surface area contributed by atoms with E-state index in [-0.39, 0.29) is 11.9 Å². The summed E-state index contributed by atoms with van der Waals surface area (Å²) in [5.74, 6) is 0.0607. The monoisotopic (exact) mass is 270 g/mol. The first-order valence-corrected chi connectivity index (χ1v) is 7.58. The predicted octanol–water partition coefficient (Wildman–Crippen LogP) is 2.92. The number of hydrogen-bond donors (Lipinski definition) is 2. The first kappa shape index (κ1) is 15.4. The molecular formula is C14H26N2OS. The van der Waals surface area contributed by atoms with Crippen molar-refractivity contribution in [3.8, 4) is 0 Å². The van der Waals surface area contributed by atoms with Crippen LogP contribution < -0.4 is 11.1 Å². The summed E-state index contributed by atoms with van der Waals surface area (Å²) in [6, 6.07) is 0.243. The zero-order chi connectivity index (χ0) is 13.6. The summed E-state index contributed by atoms with van der Waals surface area (Å²) < 4.78 is 0. The van der Waals surface area contributed by atoms with E-state index in [1.807, 2.05) is 0 Å². The summed E-state index contributed by atoms with van der Waals surface area (Å²) in [5, 5.41) is 3.13. The van der Waals surface area contributed by atoms with Crippen molar-refractivity contribution in [2.45, 2.75) is 71.3 Å². The number of thiocarbonyl (C=S) groups is 1. The van der Waals surface area contributed by atoms with Crippen LogP contribution in [0.1, 0.15) is 65.2 Å². The molecule has 0 bridgehead atoms. The zero-order valence-corrected chi connectivity index (χ0v) is 12.4. The second-order valence-corrected chi connectivity index (χ2v) is 5.79. The molecular weight excluding hydrogens is 244 g/mol. The van der Waals surface area contributed by atoms with E-state index in [1.54, 1.807) is 0 Å². The fourth-order valence-corrected chi connectivity index (χ4v) is 3.03. The highest BCUT2D eigenvalue weighted by Crippen LogP contribution is 2.36. The molecule has 4 heteroatoms. The number of amides is 1. The molecule has 0 aromatic rings. The molecule has 0 saturated heterocycles. The molecule has 104 valence electrons. The molecule has 0 atom stereocenters. The topological polar surface area (TPSA) is 55.1 Å². The molecule has 0 aromatic carbocycles. The Hall–Kier alpha value is -0.640. The van der Waals surface area contributed by atoms with Gasteiger partial charge in [0, 0.05) is 6.04 Å². The van der Waals surface area contributed by atoms with Crippen molar-refractivity contribution in [1.82, 2.24) is 5.32 Å². The lowest BCUT2D eigenvalue weighted by Gasteiger charge is -2.32. The minimum atomic E-state index is -0.589. The maximum absolute atomic E-state index is 12.6. The molecule has 0 spiro atoms. The maximum atomic E-state index is 12.6. The average Bonchev–Trinajstić information content (AvgIpc) is 2.62. The van der Waals surface area contributed by atoms with E-state index >= 15 is 0 Å². The highest BCUT2D eigenvalue weighted by molar-refractivity contribution is 7.80. The van der Waals surface area contributed by atoms with Crippen molar-refractivity contribution in [3.05, 3.63) is 0 Å². The lowest BCUT2D eigenvalue weighted by atomic mass is 9.79. The summed E-state index contributed by atoms with van der Waals surface area (Å²) in [7, 11) is 0. The van der Waals surface area contributed by atoms with Gasteiger partial charge in [-0.15, -0.1) is 0 Å². The van der Waals surface area contributed by atoms with Crippen LogP contribution in [0.2, 0.25) is 0 Å². The molecule has 3 N–H and O–H groups in total. The zero-order valence-electron chi connectivity index (χ0n) is 11.6. The Kier molecular flexibility index (Phi) is 6.06. The standard InChI is InChI=1S/C14H26N2OS/c1-3-11(4-2)16-13(17)14(12(15)18)9-7-5-6-8-10-14/h11H,3-10H2,1-2H3,(H2,15,18)(H,16,17). The van der Waals surface area contributed by atoms with Crippen molar-refractivity contribution in [3.63, 3.8) is 0 Å². The second-order valence-electron chi connectivity index (χ2n) is 5.35. The van der Waals surface area contributed by atoms with E-state index in [4.69, 9.17) is 18.0 Å². The van der Waals surface area contributed by atoms with Gasteiger partial charge in [-0.1, -0.05) is 51.7 Å². The number of hydrogen-bond acceptors (Lipinski definition) is 2. The molecule has 1 amide bonds. The molecule has 1 rings (SSSR count). The maximum Gasteiger partial charge on any atom is 0.233 e. The first-order valence-electron chi connectivity index (χ1n) is 7.17. The van der Waals surface area contributed by atoms with Gasteiger partial charge in [-0.3, -0.25) is 4.79 Å². The molecule has 0 heterocycles. The highest BCUT2D eigenvalue weighted by Gasteiger charge is 2.41. The molecule has 0 aliphatic heterocycles. The van der Waals surface area contributed by atoms with E-state index in [0.717, 1.165) is 38.5 Å². The van der Waals surface area contributed by atoms with E-state index in [0.29, 0.717) is 4.99 Å². The second kappa shape index (κ2) is 7.07. The summed E-state index contributed by atoms with van der Waals surface area (Å²) in [6.07, 6.45) is 8.00. The minimum Gasteiger partial charge on any atom is -0.392 e. The lowest BCUT2D eigenvalue weighted by molar-refractivity contribution is -0.128. The van der Waals surface area contributed by atoms with Gasteiger partial charge < -0.3 is 11.1 Å². The molecule has 1 saturated carbocycles. The van der Waals surface area contributed by atoms with Gasteiger partial charge in [-0.25, -0.2) is 0 Å². The average molecular weight is 270 g/mol. The van der Waals surface area contributed by atoms with Gasteiger partial charge in [0.1, 0.15) is 0 Å². The number of nitrogens with one attached hydrogen (secondary N) is 1. The van der Waals surface area contributed by atoms with E-state index in [1.165, 1.54) is 12.8 Å². The molecule has 0 aromatic heterocycles. The third-order valence-corrected chi connectivity index (χ3v) is 4.57. The lowest BCUT2D eigenvalue weighted by Crippen LogP contribution is -2.51. The van der Waals surface area contributed by atoms with Crippen molar-refractivity contribution in [1.29, 1.82) is 0 Å². The van der Waals surface area contributed by atoms with E-state index in [9.17, 15) is 4.79 Å². The van der Waals surface area contributed by atoms with Gasteiger partial charge in [0.2, 0.25) is 5.91 Å². The van der Waals surface area contributed by atoms with Gasteiger partial charge in [0.05, 0.1) is 10.4 Å². The van der Waals surface area contributed by atoms with Crippen LogP contribution in [0, 0.1) is 5.41 Å². The third kappa shape index (κ3) is 3.44. The number of carbonyl (C=O) groups excluding carboxylic acids is 1. The van der Waals surface area contributed by atoms with Crippen LogP contribution in [0.15, 0.2) is 0 Å². The van der Waals surface area contributed by atoms with Crippen LogP contribution in [0.25, 0.3) is 0 Å². The van der Waals surface area contributed by atoms with Crippen LogP contribution >= 0.6 is 12.2 Å². The van der Waals surface area contributed by atoms with E-state index < -0.39 is 5.41 Å². The Morgan fingerprint density at radius 2 is 1.72 bits per heavy atom. The molecule has 3 nitrogen and oxygen atoms in total. The Morgan fingerprint density at radius 3 is 2.11 bits per heavy atom. The van der Waals surface area contributed by atoms with Gasteiger partial charge in [-0.2, -0.15) is 0 Å². The Labute approximate surface area is 116 Å². The van der Waals surface area contributed by atoms with E-state index in [2.05, 4.69) is 19.2 Å². The smallest absolute Gasteiger partial charge is 0.233 e. The number of carbonyl (C=O) groups is 1. The Morgan fingerprint density at radius 1 is 1.22 bits per heavy atom. The van der Waals surface area contributed by atoms with Crippen LogP contribution in [0.4, 0.5) is 0 Å². The molecule has 1 fully saturated rings. The van der Waals surface area contributed by atoms with Gasteiger partial charge in [0.25, 0.3) is 0 Å². The largest absolute Gasteiger partial charge is 0.392 e. The third-order valence-electron chi connectivity index (χ3n) is 4.18. The Balaban J connectivity index is 2.82. The molecule has 18 heavy (non-hydrogen) atoms. The van der Waals surface area contributed by atoms with Crippen LogP contribution in [0.3, 0.4) is 0 Å². The molecule has 0 radical (unpaired) electrons. The van der Waals surface area contributed by atoms with Crippen LogP contribution in [0.5, 0.6) is 0 Å². The van der Waals surface area contributed by atoms with Gasteiger partial charge >= 0.3 is 0 Å². The van der Waals surface area contributed by atoms with Crippen LogP contribution in [-0.4, -0.2) is 16.9 Å². The minimum absolute atomic E-state index is 0.0607. The SMILES string of the molecule is CCC(CC)NC(=O)C1(C(N)=S)CCCCCC1. The quantitative estimate of drug-likeness (QED) is 0.596. The van der Waals surface area contributed by atoms with Gasteiger partial charge in [0.15, 0.2) is 0 Å². The van der Waals surface area contributed by atoms with Crippen LogP contribution in [-0.2, 0) is 4.79 Å². The van der Waals surface area contributed by atoms with Crippen molar-refractivity contribution < 1.29 is 4.79 Å². The summed E-state index contributed by atoms with van der Waals surface area (Å²) >= 11 is 5.21. The Bertz CT molecular complexity index is 292. The molecule has 0 unspecified atom stereocenters. The number of rotatable bonds is 5. The normalized spacial score (nSPS) is 19.3. The van der Waals surface area contributed by atoms with Crippen molar-refractivity contribution in [2.75, 3.05) is 0 Å². The fourth-order valence-electron chi connectivity index (χ4n) is 2.73. The summed E-state index contributed by atoms with van der Waals surface area (Å²) in [4.78, 5) is 12.9. The van der Waals surface area contributed by atoms with Crippen molar-refractivity contribution >= 4 is 23.1 Å². The van der Waals surface area contributed by atoms with Crippen molar-refractivity contribution in [2.24, 2.45) is 11.1 Å². The molecule has 1 aliphatic rings. The summed E-state index contributed by atoms with van der Waals surface area (Å²) in [6.45, 7) is 4.18. The summed E-state index contributed by atoms with van der Waals surface area (Å²) in [5.41, 5.74) is 5.31. The fraction of sp³-hybridized carbons (Fsp3) is 0.857.